The fourth-order valence-corrected chi connectivity index (χ4v) is 4.36. The number of carbonyl (C=O) groups is 2. The van der Waals surface area contributed by atoms with Crippen LogP contribution in [0.1, 0.15) is 48.4 Å². The summed E-state index contributed by atoms with van der Waals surface area (Å²) < 4.78 is 0. The SMILES string of the molecule is CNCCN(C)C(=O)c1ccc2c(-c3ccccc3C(=O)N(C(C)C)C(C)C)cccc2c1. The maximum Gasteiger partial charge on any atom is 0.254 e. The lowest BCUT2D eigenvalue weighted by Gasteiger charge is -2.31. The van der Waals surface area contributed by atoms with Crippen LogP contribution in [0.5, 0.6) is 0 Å². The molecular formula is C28H35N3O2. The molecule has 0 saturated carbocycles. The van der Waals surface area contributed by atoms with Gasteiger partial charge in [0.2, 0.25) is 0 Å². The highest BCUT2D eigenvalue weighted by molar-refractivity contribution is 6.07. The summed E-state index contributed by atoms with van der Waals surface area (Å²) >= 11 is 0. The molecule has 3 rings (SSSR count). The van der Waals surface area contributed by atoms with E-state index in [1.165, 1.54) is 0 Å². The van der Waals surface area contributed by atoms with Crippen LogP contribution in [-0.4, -0.2) is 60.9 Å². The zero-order valence-electron chi connectivity index (χ0n) is 20.6. The van der Waals surface area contributed by atoms with Crippen LogP contribution in [0, 0.1) is 0 Å². The Bertz CT molecular complexity index is 1130. The van der Waals surface area contributed by atoms with Crippen LogP contribution < -0.4 is 5.32 Å². The number of nitrogens with zero attached hydrogens (tertiary/aromatic N) is 2. The number of carbonyl (C=O) groups excluding carboxylic acids is 2. The van der Waals surface area contributed by atoms with E-state index in [2.05, 4.69) is 5.32 Å². The minimum atomic E-state index is -0.00219. The highest BCUT2D eigenvalue weighted by Gasteiger charge is 2.24. The molecule has 0 saturated heterocycles. The Labute approximate surface area is 197 Å². The number of benzene rings is 3. The van der Waals surface area contributed by atoms with E-state index in [-0.39, 0.29) is 23.9 Å². The van der Waals surface area contributed by atoms with Gasteiger partial charge in [-0.3, -0.25) is 9.59 Å². The first-order chi connectivity index (χ1) is 15.8. The van der Waals surface area contributed by atoms with Gasteiger partial charge in [-0.1, -0.05) is 42.5 Å². The van der Waals surface area contributed by atoms with Crippen LogP contribution in [0.3, 0.4) is 0 Å². The van der Waals surface area contributed by atoms with Crippen molar-refractivity contribution in [3.8, 4) is 11.1 Å². The van der Waals surface area contributed by atoms with Crippen LogP contribution in [0.4, 0.5) is 0 Å². The third kappa shape index (κ3) is 5.25. The fourth-order valence-electron chi connectivity index (χ4n) is 4.36. The van der Waals surface area contributed by atoms with E-state index < -0.39 is 0 Å². The molecule has 0 heterocycles. The van der Waals surface area contributed by atoms with E-state index >= 15 is 0 Å². The van der Waals surface area contributed by atoms with Crippen molar-refractivity contribution in [2.45, 2.75) is 39.8 Å². The zero-order valence-corrected chi connectivity index (χ0v) is 20.6. The van der Waals surface area contributed by atoms with Gasteiger partial charge < -0.3 is 15.1 Å². The average Bonchev–Trinajstić information content (AvgIpc) is 2.80. The van der Waals surface area contributed by atoms with Gasteiger partial charge in [-0.15, -0.1) is 0 Å². The van der Waals surface area contributed by atoms with Crippen LogP contribution >= 0.6 is 0 Å². The Hall–Kier alpha value is -3.18. The summed E-state index contributed by atoms with van der Waals surface area (Å²) in [5.74, 6) is 0.0307. The van der Waals surface area contributed by atoms with Crippen molar-refractivity contribution in [1.29, 1.82) is 0 Å². The number of amides is 2. The molecule has 0 radical (unpaired) electrons. The molecule has 0 atom stereocenters. The molecule has 1 N–H and O–H groups in total. The monoisotopic (exact) mass is 445 g/mol. The number of rotatable bonds is 8. The Morgan fingerprint density at radius 2 is 1.52 bits per heavy atom. The molecule has 0 aromatic heterocycles. The Balaban J connectivity index is 2.06. The van der Waals surface area contributed by atoms with Gasteiger partial charge >= 0.3 is 0 Å². The van der Waals surface area contributed by atoms with Gasteiger partial charge in [0.1, 0.15) is 0 Å². The minimum absolute atomic E-state index is 0.00219. The molecule has 2 amide bonds. The van der Waals surface area contributed by atoms with E-state index in [4.69, 9.17) is 0 Å². The standard InChI is InChI=1S/C28H35N3O2/c1-19(2)31(20(3)4)28(33)26-12-8-7-11-25(26)24-13-9-10-21-18-22(14-15-23(21)24)27(32)30(6)17-16-29-5/h7-15,18-20,29H,16-17H2,1-6H3. The fraction of sp³-hybridized carbons (Fsp3) is 0.357. The molecule has 0 aliphatic rings. The molecule has 3 aromatic rings. The Morgan fingerprint density at radius 1 is 0.848 bits per heavy atom. The quantitative estimate of drug-likeness (QED) is 0.527. The summed E-state index contributed by atoms with van der Waals surface area (Å²) in [5, 5.41) is 5.07. The van der Waals surface area contributed by atoms with Gasteiger partial charge in [-0.25, -0.2) is 0 Å². The lowest BCUT2D eigenvalue weighted by Crippen LogP contribution is -2.42. The number of hydrogen-bond donors (Lipinski definition) is 1. The normalized spacial score (nSPS) is 11.3. The van der Waals surface area contributed by atoms with Gasteiger partial charge in [0, 0.05) is 43.3 Å². The van der Waals surface area contributed by atoms with E-state index in [1.807, 2.05) is 107 Å². The predicted molar refractivity (Wildman–Crippen MR) is 137 cm³/mol. The second-order valence-corrected chi connectivity index (χ2v) is 9.02. The molecular weight excluding hydrogens is 410 g/mol. The molecule has 5 nitrogen and oxygen atoms in total. The topological polar surface area (TPSA) is 52.7 Å². The maximum absolute atomic E-state index is 13.5. The van der Waals surface area contributed by atoms with E-state index in [0.29, 0.717) is 17.7 Å². The van der Waals surface area contributed by atoms with Crippen molar-refractivity contribution in [1.82, 2.24) is 15.1 Å². The van der Waals surface area contributed by atoms with Gasteiger partial charge in [0.05, 0.1) is 0 Å². The van der Waals surface area contributed by atoms with Crippen LogP contribution in [0.15, 0.2) is 60.7 Å². The molecule has 0 aliphatic heterocycles. The van der Waals surface area contributed by atoms with Crippen molar-refractivity contribution in [3.05, 3.63) is 71.8 Å². The van der Waals surface area contributed by atoms with Gasteiger partial charge in [0.15, 0.2) is 0 Å². The Morgan fingerprint density at radius 3 is 2.18 bits per heavy atom. The van der Waals surface area contributed by atoms with Gasteiger partial charge in [0.25, 0.3) is 11.8 Å². The number of likely N-dealkylation sites (N-methyl/N-ethyl adjacent to an activating group) is 2. The van der Waals surface area contributed by atoms with Crippen molar-refractivity contribution in [3.63, 3.8) is 0 Å². The first-order valence-electron chi connectivity index (χ1n) is 11.6. The predicted octanol–water partition coefficient (Wildman–Crippen LogP) is 5.06. The summed E-state index contributed by atoms with van der Waals surface area (Å²) in [7, 11) is 3.69. The molecule has 0 fully saturated rings. The highest BCUT2D eigenvalue weighted by atomic mass is 16.2. The molecule has 33 heavy (non-hydrogen) atoms. The molecule has 0 aliphatic carbocycles. The van der Waals surface area contributed by atoms with Crippen LogP contribution in [0.2, 0.25) is 0 Å². The molecule has 3 aromatic carbocycles. The van der Waals surface area contributed by atoms with Gasteiger partial charge in [-0.2, -0.15) is 0 Å². The van der Waals surface area contributed by atoms with Crippen molar-refractivity contribution in [2.24, 2.45) is 0 Å². The smallest absolute Gasteiger partial charge is 0.254 e. The number of nitrogens with one attached hydrogen (secondary N) is 1. The summed E-state index contributed by atoms with van der Waals surface area (Å²) in [6.07, 6.45) is 0. The summed E-state index contributed by atoms with van der Waals surface area (Å²) in [4.78, 5) is 30.0. The Kier molecular flexibility index (Phi) is 7.88. The first-order valence-corrected chi connectivity index (χ1v) is 11.6. The van der Waals surface area contributed by atoms with Crippen molar-refractivity contribution < 1.29 is 9.59 Å². The third-order valence-corrected chi connectivity index (χ3v) is 5.97. The maximum atomic E-state index is 13.5. The van der Waals surface area contributed by atoms with Crippen molar-refractivity contribution >= 4 is 22.6 Å². The van der Waals surface area contributed by atoms with E-state index in [9.17, 15) is 9.59 Å². The lowest BCUT2D eigenvalue weighted by molar-refractivity contribution is 0.0644. The third-order valence-electron chi connectivity index (χ3n) is 5.97. The van der Waals surface area contributed by atoms with Crippen molar-refractivity contribution in [2.75, 3.05) is 27.2 Å². The minimum Gasteiger partial charge on any atom is -0.340 e. The summed E-state index contributed by atoms with van der Waals surface area (Å²) in [6.45, 7) is 9.57. The molecule has 0 bridgehead atoms. The van der Waals surface area contributed by atoms with Crippen LogP contribution in [-0.2, 0) is 0 Å². The largest absolute Gasteiger partial charge is 0.340 e. The molecule has 0 unspecified atom stereocenters. The molecule has 0 spiro atoms. The second-order valence-electron chi connectivity index (χ2n) is 9.02. The summed E-state index contributed by atoms with van der Waals surface area (Å²) in [5.41, 5.74) is 3.25. The summed E-state index contributed by atoms with van der Waals surface area (Å²) in [6, 6.07) is 19.9. The van der Waals surface area contributed by atoms with E-state index in [0.717, 1.165) is 28.4 Å². The molecule has 174 valence electrons. The lowest BCUT2D eigenvalue weighted by atomic mass is 9.93. The molecule has 5 heteroatoms. The van der Waals surface area contributed by atoms with E-state index in [1.54, 1.807) is 4.90 Å². The highest BCUT2D eigenvalue weighted by Crippen LogP contribution is 2.33. The van der Waals surface area contributed by atoms with Crippen LogP contribution in [0.25, 0.3) is 21.9 Å². The number of fused-ring (bicyclic) bond motifs is 1. The number of hydrogen-bond acceptors (Lipinski definition) is 3. The average molecular weight is 446 g/mol. The first kappa shape index (κ1) is 24.5. The van der Waals surface area contributed by atoms with Gasteiger partial charge in [-0.05, 0) is 74.8 Å². The second kappa shape index (κ2) is 10.6. The zero-order chi connectivity index (χ0) is 24.1.